The van der Waals surface area contributed by atoms with Crippen molar-refractivity contribution in [2.24, 2.45) is 0 Å². The minimum atomic E-state index is 0.262. The van der Waals surface area contributed by atoms with E-state index < -0.39 is 0 Å². The summed E-state index contributed by atoms with van der Waals surface area (Å²) in [5, 5.41) is 0. The molecule has 0 radical (unpaired) electrons. The molecule has 1 aliphatic rings. The van der Waals surface area contributed by atoms with E-state index in [2.05, 4.69) is 27.8 Å². The van der Waals surface area contributed by atoms with Crippen molar-refractivity contribution in [3.05, 3.63) is 29.8 Å². The number of alkyl halides is 1. The Morgan fingerprint density at radius 2 is 2.22 bits per heavy atom. The fraction of sp³-hybridized carbons (Fsp3) is 0.143. The van der Waals surface area contributed by atoms with Gasteiger partial charge in [0.05, 0.1) is 0 Å². The number of para-hydroxylation sites is 1. The van der Waals surface area contributed by atoms with Crippen LogP contribution in [-0.4, -0.2) is 0 Å². The molecule has 0 unspecified atom stereocenters. The van der Waals surface area contributed by atoms with Crippen LogP contribution in [0.2, 0.25) is 0 Å². The van der Waals surface area contributed by atoms with Gasteiger partial charge in [0.25, 0.3) is 0 Å². The zero-order valence-corrected chi connectivity index (χ0v) is 7.05. The minimum absolute atomic E-state index is 0.262. The van der Waals surface area contributed by atoms with E-state index in [1.54, 1.807) is 0 Å². The van der Waals surface area contributed by atoms with Gasteiger partial charge in [0.2, 0.25) is 0 Å². The predicted octanol–water partition coefficient (Wildman–Crippen LogP) is -1.38. The van der Waals surface area contributed by atoms with Gasteiger partial charge in [0.15, 0.2) is 0 Å². The summed E-state index contributed by atoms with van der Waals surface area (Å²) in [5.41, 5.74) is 2.87. The first-order valence-corrected chi connectivity index (χ1v) is 5.49. The first kappa shape index (κ1) is 5.53. The van der Waals surface area contributed by atoms with Gasteiger partial charge < -0.3 is 0 Å². The quantitative estimate of drug-likeness (QED) is 0.330. The van der Waals surface area contributed by atoms with Crippen molar-refractivity contribution < 1.29 is 21.5 Å². The van der Waals surface area contributed by atoms with Crippen LogP contribution in [-0.2, 0) is 4.43 Å². The maximum absolute atomic E-state index is 3.41. The molecule has 0 fully saturated rings. The molecule has 1 heterocycles. The van der Waals surface area contributed by atoms with Crippen molar-refractivity contribution in [1.82, 2.24) is 0 Å². The van der Waals surface area contributed by atoms with Crippen LogP contribution in [0.4, 0.5) is 5.69 Å². The summed E-state index contributed by atoms with van der Waals surface area (Å²) in [6.45, 7) is 0. The van der Waals surface area contributed by atoms with Crippen LogP contribution in [0.25, 0.3) is 0 Å². The van der Waals surface area contributed by atoms with E-state index in [1.807, 2.05) is 0 Å². The zero-order chi connectivity index (χ0) is 6.10. The molecule has 0 spiro atoms. The Balaban J connectivity index is 2.54. The summed E-state index contributed by atoms with van der Waals surface area (Å²) < 4.78 is 4.71. The monoisotopic (exact) mass is 232 g/mol. The van der Waals surface area contributed by atoms with Crippen LogP contribution >= 0.6 is 0 Å². The maximum atomic E-state index is 3.41. The molecule has 9 heavy (non-hydrogen) atoms. The Labute approximate surface area is 65.1 Å². The summed E-state index contributed by atoms with van der Waals surface area (Å²) in [4.78, 5) is 0. The first-order valence-electron chi connectivity index (χ1n) is 2.89. The average molecular weight is 232 g/mol. The summed E-state index contributed by atoms with van der Waals surface area (Å²) in [6, 6.07) is 8.55. The van der Waals surface area contributed by atoms with Crippen LogP contribution in [0, 0.1) is 0 Å². The second-order valence-electron chi connectivity index (χ2n) is 2.02. The molecule has 1 aromatic rings. The van der Waals surface area contributed by atoms with Crippen LogP contribution in [0.5, 0.6) is 0 Å². The number of benzene rings is 1. The first-order chi connectivity index (χ1) is 4.47. The van der Waals surface area contributed by atoms with E-state index in [0.29, 0.717) is 0 Å². The normalized spacial score (nSPS) is 15.6. The molecule has 0 aliphatic carbocycles. The van der Waals surface area contributed by atoms with Crippen molar-refractivity contribution in [2.75, 3.05) is 3.53 Å². The Morgan fingerprint density at radius 3 is 3.11 bits per heavy atom. The van der Waals surface area contributed by atoms with Crippen LogP contribution < -0.4 is 25.0 Å². The number of hydrogen-bond acceptors (Lipinski definition) is 1. The third kappa shape index (κ3) is 0.913. The molecule has 2 rings (SSSR count). The van der Waals surface area contributed by atoms with Gasteiger partial charge in [0, 0.05) is 0 Å². The molecule has 2 heteroatoms. The number of nitrogens with one attached hydrogen (secondary N) is 1. The molecule has 0 saturated carbocycles. The molecule has 0 bridgehead atoms. The summed E-state index contributed by atoms with van der Waals surface area (Å²) >= 11 is 0.262. The number of hydrogen-bond donors (Lipinski definition) is 1. The van der Waals surface area contributed by atoms with Gasteiger partial charge in [0.1, 0.15) is 0 Å². The van der Waals surface area contributed by atoms with Crippen molar-refractivity contribution in [1.29, 1.82) is 0 Å². The van der Waals surface area contributed by atoms with Gasteiger partial charge >= 0.3 is 65.0 Å². The van der Waals surface area contributed by atoms with E-state index >= 15 is 0 Å². The van der Waals surface area contributed by atoms with Crippen LogP contribution in [0.3, 0.4) is 0 Å². The Bertz CT molecular complexity index is 199. The summed E-state index contributed by atoms with van der Waals surface area (Å²) in [6.07, 6.45) is 0. The standard InChI is InChI=1S/C7H7IN/c1-2-4-7-6(3-1)5-8-9-7/h1-4,9H,5H2/q-1. The fourth-order valence-electron chi connectivity index (χ4n) is 0.906. The van der Waals surface area contributed by atoms with E-state index in [0.717, 1.165) is 0 Å². The van der Waals surface area contributed by atoms with Gasteiger partial charge in [-0.15, -0.1) is 0 Å². The molecular weight excluding hydrogens is 225 g/mol. The average Bonchev–Trinajstić information content (AvgIpc) is 2.33. The van der Waals surface area contributed by atoms with Crippen LogP contribution in [0.15, 0.2) is 24.3 Å². The van der Waals surface area contributed by atoms with Gasteiger partial charge in [-0.25, -0.2) is 0 Å². The Kier molecular flexibility index (Phi) is 1.33. The van der Waals surface area contributed by atoms with E-state index in [4.69, 9.17) is 0 Å². The Morgan fingerprint density at radius 1 is 1.33 bits per heavy atom. The number of fused-ring (bicyclic) bond motifs is 1. The second kappa shape index (κ2) is 2.17. The third-order valence-corrected chi connectivity index (χ3v) is 3.56. The van der Waals surface area contributed by atoms with E-state index in [-0.39, 0.29) is 21.5 Å². The van der Waals surface area contributed by atoms with Gasteiger partial charge in [-0.3, -0.25) is 0 Å². The predicted molar refractivity (Wildman–Crippen MR) is 33.8 cm³/mol. The molecule has 0 atom stereocenters. The summed E-state index contributed by atoms with van der Waals surface area (Å²) in [7, 11) is 0. The van der Waals surface area contributed by atoms with Gasteiger partial charge in [-0.2, -0.15) is 0 Å². The van der Waals surface area contributed by atoms with Crippen molar-refractivity contribution in [2.45, 2.75) is 4.43 Å². The molecule has 0 saturated heterocycles. The number of anilines is 1. The summed E-state index contributed by atoms with van der Waals surface area (Å²) in [5.74, 6) is 0. The fourth-order valence-corrected chi connectivity index (χ4v) is 3.11. The van der Waals surface area contributed by atoms with Crippen molar-refractivity contribution in [3.8, 4) is 0 Å². The molecule has 1 nitrogen and oxygen atoms in total. The topological polar surface area (TPSA) is 12.0 Å². The van der Waals surface area contributed by atoms with E-state index in [9.17, 15) is 0 Å². The Hall–Kier alpha value is -0.250. The SMILES string of the molecule is c1ccc2c(c1)C[I-]N2. The van der Waals surface area contributed by atoms with Gasteiger partial charge in [-0.1, -0.05) is 0 Å². The number of rotatable bonds is 0. The molecule has 48 valence electrons. The second-order valence-corrected chi connectivity index (χ2v) is 4.08. The van der Waals surface area contributed by atoms with Crippen molar-refractivity contribution >= 4 is 5.69 Å². The van der Waals surface area contributed by atoms with Crippen molar-refractivity contribution in [3.63, 3.8) is 0 Å². The van der Waals surface area contributed by atoms with Crippen LogP contribution in [0.1, 0.15) is 5.56 Å². The van der Waals surface area contributed by atoms with E-state index in [1.165, 1.54) is 15.7 Å². The number of halogens is 1. The molecule has 1 N–H and O–H groups in total. The molecule has 0 amide bonds. The molecular formula is C7H7IN-. The van der Waals surface area contributed by atoms with Gasteiger partial charge in [-0.05, 0) is 0 Å². The molecule has 0 aromatic heterocycles. The molecule has 1 aliphatic heterocycles. The zero-order valence-electron chi connectivity index (χ0n) is 4.89. The molecule has 1 aromatic carbocycles. The third-order valence-electron chi connectivity index (χ3n) is 1.40.